The molecule has 0 saturated carbocycles. The summed E-state index contributed by atoms with van der Waals surface area (Å²) in [6.07, 6.45) is 0. The molecule has 4 nitrogen and oxygen atoms in total. The molecule has 0 aliphatic heterocycles. The average molecular weight is 179 g/mol. The molecule has 4 heteroatoms. The minimum absolute atomic E-state index is 0. The van der Waals surface area contributed by atoms with Gasteiger partial charge in [0.1, 0.15) is 0 Å². The van der Waals surface area contributed by atoms with E-state index < -0.39 is 0 Å². The Morgan fingerprint density at radius 1 is 1.17 bits per heavy atom. The third kappa shape index (κ3) is 65.2. The molecule has 0 aromatic rings. The Bertz CT molecular complexity index is 98.9. The van der Waals surface area contributed by atoms with Crippen molar-refractivity contribution < 1.29 is 14.3 Å². The molecule has 0 fully saturated rings. The van der Waals surface area contributed by atoms with E-state index >= 15 is 0 Å². The Balaban J connectivity index is -0.0000000457. The SMILES string of the molecule is C.C.CNC(C)=O.COC(C)=O. The second-order valence-corrected chi connectivity index (χ2v) is 1.50. The van der Waals surface area contributed by atoms with Gasteiger partial charge in [-0.15, -0.1) is 0 Å². The Hall–Kier alpha value is -1.06. The molecule has 0 atom stereocenters. The molecular formula is C8H21NO3. The molecule has 1 N–H and O–H groups in total. The maximum atomic E-state index is 9.70. The van der Waals surface area contributed by atoms with Crippen LogP contribution in [0.5, 0.6) is 0 Å². The summed E-state index contributed by atoms with van der Waals surface area (Å²) in [6.45, 7) is 2.83. The molecular weight excluding hydrogens is 158 g/mol. The van der Waals surface area contributed by atoms with E-state index in [4.69, 9.17) is 0 Å². The second-order valence-electron chi connectivity index (χ2n) is 1.50. The molecule has 12 heavy (non-hydrogen) atoms. The predicted molar refractivity (Wildman–Crippen MR) is 50.9 cm³/mol. The Labute approximate surface area is 75.3 Å². The van der Waals surface area contributed by atoms with Crippen molar-refractivity contribution in [2.45, 2.75) is 28.7 Å². The van der Waals surface area contributed by atoms with Gasteiger partial charge in [0.25, 0.3) is 0 Å². The summed E-state index contributed by atoms with van der Waals surface area (Å²) in [6, 6.07) is 0. The highest BCUT2D eigenvalue weighted by molar-refractivity contribution is 5.72. The molecule has 0 aromatic heterocycles. The summed E-state index contributed by atoms with van der Waals surface area (Å²) in [7, 11) is 2.95. The second kappa shape index (κ2) is 16.5. The number of hydrogen-bond acceptors (Lipinski definition) is 3. The van der Waals surface area contributed by atoms with Gasteiger partial charge in [0, 0.05) is 20.9 Å². The van der Waals surface area contributed by atoms with E-state index in [1.54, 1.807) is 7.05 Å². The summed E-state index contributed by atoms with van der Waals surface area (Å²) in [5.41, 5.74) is 0. The van der Waals surface area contributed by atoms with Gasteiger partial charge in [-0.05, 0) is 0 Å². The minimum Gasteiger partial charge on any atom is -0.469 e. The molecule has 0 rings (SSSR count). The molecule has 0 saturated heterocycles. The lowest BCUT2D eigenvalue weighted by atomic mass is 10.7. The maximum Gasteiger partial charge on any atom is 0.302 e. The quantitative estimate of drug-likeness (QED) is 0.568. The van der Waals surface area contributed by atoms with Crippen LogP contribution in [0.25, 0.3) is 0 Å². The van der Waals surface area contributed by atoms with Gasteiger partial charge in [0.15, 0.2) is 0 Å². The van der Waals surface area contributed by atoms with E-state index in [0.717, 1.165) is 0 Å². The van der Waals surface area contributed by atoms with Gasteiger partial charge in [-0.2, -0.15) is 0 Å². The first-order valence-electron chi connectivity index (χ1n) is 2.77. The summed E-state index contributed by atoms with van der Waals surface area (Å²) in [4.78, 5) is 19.3. The van der Waals surface area contributed by atoms with Crippen molar-refractivity contribution in [3.8, 4) is 0 Å². The summed E-state index contributed by atoms with van der Waals surface area (Å²) in [5, 5.41) is 2.39. The number of rotatable bonds is 0. The highest BCUT2D eigenvalue weighted by atomic mass is 16.5. The number of amides is 1. The van der Waals surface area contributed by atoms with Crippen LogP contribution in [0.4, 0.5) is 0 Å². The van der Waals surface area contributed by atoms with Crippen molar-refractivity contribution in [2.75, 3.05) is 14.2 Å². The summed E-state index contributed by atoms with van der Waals surface area (Å²) >= 11 is 0. The van der Waals surface area contributed by atoms with E-state index in [0.29, 0.717) is 0 Å². The highest BCUT2D eigenvalue weighted by Crippen LogP contribution is 1.60. The smallest absolute Gasteiger partial charge is 0.302 e. The zero-order valence-corrected chi connectivity index (χ0v) is 6.72. The first-order chi connectivity index (χ1) is 4.54. The van der Waals surface area contributed by atoms with Crippen LogP contribution in [0.15, 0.2) is 0 Å². The fraction of sp³-hybridized carbons (Fsp3) is 0.750. The van der Waals surface area contributed by atoms with Gasteiger partial charge < -0.3 is 10.1 Å². The van der Waals surface area contributed by atoms with Crippen molar-refractivity contribution in [3.63, 3.8) is 0 Å². The number of methoxy groups -OCH3 is 1. The predicted octanol–water partition coefficient (Wildman–Crippen LogP) is 1.20. The number of ether oxygens (including phenoxy) is 1. The van der Waals surface area contributed by atoms with Crippen molar-refractivity contribution in [3.05, 3.63) is 0 Å². The van der Waals surface area contributed by atoms with Crippen LogP contribution >= 0.6 is 0 Å². The number of carbonyl (C=O) groups excluding carboxylic acids is 2. The molecule has 0 bridgehead atoms. The molecule has 0 spiro atoms. The van der Waals surface area contributed by atoms with Crippen molar-refractivity contribution >= 4 is 11.9 Å². The molecule has 0 unspecified atom stereocenters. The Morgan fingerprint density at radius 2 is 1.33 bits per heavy atom. The van der Waals surface area contributed by atoms with E-state index in [-0.39, 0.29) is 26.7 Å². The highest BCUT2D eigenvalue weighted by Gasteiger charge is 1.75. The Morgan fingerprint density at radius 3 is 1.33 bits per heavy atom. The van der Waals surface area contributed by atoms with Crippen LogP contribution in [0, 0.1) is 0 Å². The van der Waals surface area contributed by atoms with Gasteiger partial charge in [-0.3, -0.25) is 9.59 Å². The standard InChI is InChI=1S/C3H7NO.C3H6O2.2CH4/c1-3(5)4-2;1-3(4)5-2;;/h1-2H3,(H,4,5);1-2H3;2*1H4. The molecule has 76 valence electrons. The van der Waals surface area contributed by atoms with Crippen LogP contribution in [-0.2, 0) is 14.3 Å². The number of nitrogens with one attached hydrogen (secondary N) is 1. The normalized spacial score (nSPS) is 5.67. The van der Waals surface area contributed by atoms with Crippen LogP contribution < -0.4 is 5.32 Å². The van der Waals surface area contributed by atoms with Crippen LogP contribution in [0.2, 0.25) is 0 Å². The fourth-order valence-corrected chi connectivity index (χ4v) is 0. The zero-order chi connectivity index (χ0) is 8.57. The van der Waals surface area contributed by atoms with Gasteiger partial charge in [0.05, 0.1) is 7.11 Å². The zero-order valence-electron chi connectivity index (χ0n) is 6.72. The molecule has 1 amide bonds. The summed E-state index contributed by atoms with van der Waals surface area (Å²) < 4.78 is 4.11. The fourth-order valence-electron chi connectivity index (χ4n) is 0. The molecule has 0 aliphatic carbocycles. The third-order valence-electron chi connectivity index (χ3n) is 0.640. The van der Waals surface area contributed by atoms with Gasteiger partial charge >= 0.3 is 5.97 Å². The monoisotopic (exact) mass is 179 g/mol. The molecule has 0 heterocycles. The van der Waals surface area contributed by atoms with Crippen molar-refractivity contribution in [1.29, 1.82) is 0 Å². The van der Waals surface area contributed by atoms with Crippen LogP contribution in [0.3, 0.4) is 0 Å². The minimum atomic E-state index is -0.245. The van der Waals surface area contributed by atoms with Crippen molar-refractivity contribution in [1.82, 2.24) is 5.32 Å². The largest absolute Gasteiger partial charge is 0.469 e. The maximum absolute atomic E-state index is 9.70. The third-order valence-corrected chi connectivity index (χ3v) is 0.640. The first-order valence-corrected chi connectivity index (χ1v) is 2.77. The first kappa shape index (κ1) is 22.4. The van der Waals surface area contributed by atoms with Crippen LogP contribution in [0.1, 0.15) is 28.7 Å². The van der Waals surface area contributed by atoms with Gasteiger partial charge in [-0.25, -0.2) is 0 Å². The lowest BCUT2D eigenvalue weighted by molar-refractivity contribution is -0.137. The van der Waals surface area contributed by atoms with Gasteiger partial charge in [-0.1, -0.05) is 14.9 Å². The lowest BCUT2D eigenvalue weighted by Crippen LogP contribution is -2.11. The Kier molecular flexibility index (Phi) is 30.8. The average Bonchev–Trinajstić information content (AvgIpc) is 1.89. The topological polar surface area (TPSA) is 55.4 Å². The number of esters is 1. The molecule has 0 aliphatic rings. The van der Waals surface area contributed by atoms with Gasteiger partial charge in [0.2, 0.25) is 5.91 Å². The van der Waals surface area contributed by atoms with E-state index in [1.807, 2.05) is 0 Å². The summed E-state index contributed by atoms with van der Waals surface area (Å²) in [5.74, 6) is -0.241. The van der Waals surface area contributed by atoms with E-state index in [1.165, 1.54) is 21.0 Å². The van der Waals surface area contributed by atoms with Crippen molar-refractivity contribution in [2.24, 2.45) is 0 Å². The molecule has 0 radical (unpaired) electrons. The van der Waals surface area contributed by atoms with E-state index in [9.17, 15) is 9.59 Å². The number of hydrogen-bond donors (Lipinski definition) is 1. The number of carbonyl (C=O) groups is 2. The van der Waals surface area contributed by atoms with E-state index in [2.05, 4.69) is 10.1 Å². The van der Waals surface area contributed by atoms with Crippen LogP contribution in [-0.4, -0.2) is 26.0 Å². The molecule has 0 aromatic carbocycles. The lowest BCUT2D eigenvalue weighted by Gasteiger charge is -1.80.